The molecule has 0 radical (unpaired) electrons. The normalized spacial score (nSPS) is 13.9. The molecule has 1 unspecified atom stereocenters. The molecule has 0 aromatic heterocycles. The third-order valence-electron chi connectivity index (χ3n) is 2.35. The largest absolute Gasteiger partial charge is 0.416 e. The summed E-state index contributed by atoms with van der Waals surface area (Å²) in [5.74, 6) is 0. The second kappa shape index (κ2) is 6.20. The zero-order chi connectivity index (χ0) is 13.8. The molecule has 0 spiro atoms. The summed E-state index contributed by atoms with van der Waals surface area (Å²) >= 11 is 0. The topological polar surface area (TPSA) is 29.5 Å². The summed E-state index contributed by atoms with van der Waals surface area (Å²) in [5, 5.41) is 9.64. The third-order valence-corrected chi connectivity index (χ3v) is 2.35. The van der Waals surface area contributed by atoms with Gasteiger partial charge in [-0.3, -0.25) is 0 Å². The lowest BCUT2D eigenvalue weighted by Crippen LogP contribution is -2.21. The van der Waals surface area contributed by atoms with Crippen molar-refractivity contribution in [1.82, 2.24) is 0 Å². The van der Waals surface area contributed by atoms with Gasteiger partial charge in [0.05, 0.1) is 24.4 Å². The number of hydrogen-bond donors (Lipinski definition) is 1. The number of aliphatic hydroxyl groups excluding tert-OH is 1. The quantitative estimate of drug-likeness (QED) is 0.883. The first kappa shape index (κ1) is 15.0. The predicted octanol–water partition coefficient (Wildman–Crippen LogP) is 3.03. The summed E-state index contributed by atoms with van der Waals surface area (Å²) < 4.78 is 42.6. The van der Waals surface area contributed by atoms with Crippen molar-refractivity contribution in [3.63, 3.8) is 0 Å². The minimum absolute atomic E-state index is 0.0128. The summed E-state index contributed by atoms with van der Waals surface area (Å²) in [6, 6.07) is 4.97. The lowest BCUT2D eigenvalue weighted by Gasteiger charge is -2.14. The maximum absolute atomic E-state index is 12.5. The van der Waals surface area contributed by atoms with E-state index in [1.165, 1.54) is 6.07 Å². The van der Waals surface area contributed by atoms with Crippen LogP contribution in [-0.2, 0) is 17.3 Å². The Kier molecular flexibility index (Phi) is 5.16. The summed E-state index contributed by atoms with van der Waals surface area (Å²) in [5.41, 5.74) is -0.248. The van der Waals surface area contributed by atoms with Gasteiger partial charge in [-0.25, -0.2) is 0 Å². The number of halogens is 3. The van der Waals surface area contributed by atoms with E-state index >= 15 is 0 Å². The van der Waals surface area contributed by atoms with Gasteiger partial charge in [0.1, 0.15) is 0 Å². The van der Waals surface area contributed by atoms with Crippen molar-refractivity contribution < 1.29 is 23.0 Å². The minimum Gasteiger partial charge on any atom is -0.390 e. The monoisotopic (exact) mass is 262 g/mol. The van der Waals surface area contributed by atoms with E-state index in [1.807, 2.05) is 13.8 Å². The van der Waals surface area contributed by atoms with E-state index in [4.69, 9.17) is 4.74 Å². The van der Waals surface area contributed by atoms with E-state index in [-0.39, 0.29) is 19.1 Å². The lowest BCUT2D eigenvalue weighted by molar-refractivity contribution is -0.137. The highest BCUT2D eigenvalue weighted by atomic mass is 19.4. The van der Waals surface area contributed by atoms with E-state index in [2.05, 4.69) is 0 Å². The van der Waals surface area contributed by atoms with Crippen LogP contribution in [0.1, 0.15) is 25.0 Å². The Balaban J connectivity index is 2.62. The van der Waals surface area contributed by atoms with Crippen LogP contribution in [0.5, 0.6) is 0 Å². The highest BCUT2D eigenvalue weighted by molar-refractivity contribution is 5.26. The van der Waals surface area contributed by atoms with Gasteiger partial charge in [0.25, 0.3) is 0 Å². The average Bonchev–Trinajstić information content (AvgIpc) is 2.25. The van der Waals surface area contributed by atoms with E-state index in [0.717, 1.165) is 12.1 Å². The average molecular weight is 262 g/mol. The van der Waals surface area contributed by atoms with Crippen molar-refractivity contribution in [3.8, 4) is 0 Å². The molecule has 5 heteroatoms. The predicted molar refractivity (Wildman–Crippen MR) is 62.2 cm³/mol. The van der Waals surface area contributed by atoms with Crippen molar-refractivity contribution in [2.24, 2.45) is 0 Å². The number of benzene rings is 1. The van der Waals surface area contributed by atoms with Crippen molar-refractivity contribution in [3.05, 3.63) is 35.4 Å². The first-order chi connectivity index (χ1) is 8.29. The number of rotatable bonds is 5. The van der Waals surface area contributed by atoms with E-state index in [9.17, 15) is 18.3 Å². The molecule has 0 saturated carbocycles. The van der Waals surface area contributed by atoms with Crippen molar-refractivity contribution >= 4 is 0 Å². The number of alkyl halides is 3. The van der Waals surface area contributed by atoms with Crippen LogP contribution in [0.15, 0.2) is 24.3 Å². The Labute approximate surface area is 104 Å². The van der Waals surface area contributed by atoms with Gasteiger partial charge in [-0.15, -0.1) is 0 Å². The molecule has 1 atom stereocenters. The highest BCUT2D eigenvalue weighted by Gasteiger charge is 2.30. The zero-order valence-electron chi connectivity index (χ0n) is 10.4. The molecule has 0 fully saturated rings. The Hall–Kier alpha value is -1.07. The molecule has 1 N–H and O–H groups in total. The van der Waals surface area contributed by atoms with Crippen molar-refractivity contribution in [2.45, 2.75) is 38.7 Å². The summed E-state index contributed by atoms with van der Waals surface area (Å²) in [6.07, 6.45) is -5.01. The van der Waals surface area contributed by atoms with Gasteiger partial charge >= 0.3 is 6.18 Å². The standard InChI is InChI=1S/C13H17F3O2/c1-9(2)18-8-12(17)7-10-4-3-5-11(6-10)13(14,15)16/h3-6,9,12,17H,7-8H2,1-2H3. The molecule has 0 heterocycles. The lowest BCUT2D eigenvalue weighted by atomic mass is 10.1. The first-order valence-electron chi connectivity index (χ1n) is 5.75. The Morgan fingerprint density at radius 2 is 1.94 bits per heavy atom. The molecule has 0 aliphatic rings. The van der Waals surface area contributed by atoms with Gasteiger partial charge in [0.15, 0.2) is 0 Å². The molecule has 1 aromatic rings. The molecule has 2 nitrogen and oxygen atoms in total. The zero-order valence-corrected chi connectivity index (χ0v) is 10.4. The highest BCUT2D eigenvalue weighted by Crippen LogP contribution is 2.29. The molecule has 1 aromatic carbocycles. The van der Waals surface area contributed by atoms with E-state index in [0.29, 0.717) is 5.56 Å². The summed E-state index contributed by atoms with van der Waals surface area (Å²) in [4.78, 5) is 0. The molecule has 0 amide bonds. The first-order valence-corrected chi connectivity index (χ1v) is 5.75. The number of ether oxygens (including phenoxy) is 1. The van der Waals surface area contributed by atoms with Gasteiger partial charge in [-0.05, 0) is 25.5 Å². The second-order valence-electron chi connectivity index (χ2n) is 4.44. The number of aliphatic hydroxyl groups is 1. The maximum atomic E-state index is 12.5. The molecule has 0 aliphatic carbocycles. The SMILES string of the molecule is CC(C)OCC(O)Cc1cccc(C(F)(F)F)c1. The Bertz CT molecular complexity index is 375. The molecule has 0 bridgehead atoms. The van der Waals surface area contributed by atoms with Crippen LogP contribution in [0.25, 0.3) is 0 Å². The fourth-order valence-corrected chi connectivity index (χ4v) is 1.51. The fourth-order valence-electron chi connectivity index (χ4n) is 1.51. The Morgan fingerprint density at radius 1 is 1.28 bits per heavy atom. The van der Waals surface area contributed by atoms with Gasteiger partial charge in [-0.2, -0.15) is 13.2 Å². The fraction of sp³-hybridized carbons (Fsp3) is 0.538. The smallest absolute Gasteiger partial charge is 0.390 e. The minimum atomic E-state index is -4.35. The second-order valence-corrected chi connectivity index (χ2v) is 4.44. The van der Waals surface area contributed by atoms with Crippen molar-refractivity contribution in [1.29, 1.82) is 0 Å². The molecule has 18 heavy (non-hydrogen) atoms. The van der Waals surface area contributed by atoms with Gasteiger partial charge < -0.3 is 9.84 Å². The van der Waals surface area contributed by atoms with Crippen LogP contribution in [-0.4, -0.2) is 23.9 Å². The third kappa shape index (κ3) is 5.06. The van der Waals surface area contributed by atoms with Gasteiger partial charge in [0, 0.05) is 6.42 Å². The van der Waals surface area contributed by atoms with Gasteiger partial charge in [-0.1, -0.05) is 18.2 Å². The number of hydrogen-bond acceptors (Lipinski definition) is 2. The molecule has 1 rings (SSSR count). The molecule has 0 aliphatic heterocycles. The summed E-state index contributed by atoms with van der Waals surface area (Å²) in [7, 11) is 0. The van der Waals surface area contributed by atoms with Crippen LogP contribution in [0, 0.1) is 0 Å². The van der Waals surface area contributed by atoms with Crippen LogP contribution >= 0.6 is 0 Å². The van der Waals surface area contributed by atoms with Crippen LogP contribution in [0.3, 0.4) is 0 Å². The van der Waals surface area contributed by atoms with Gasteiger partial charge in [0.2, 0.25) is 0 Å². The summed E-state index contributed by atoms with van der Waals surface area (Å²) in [6.45, 7) is 3.78. The molecular formula is C13H17F3O2. The van der Waals surface area contributed by atoms with Crippen LogP contribution in [0.2, 0.25) is 0 Å². The maximum Gasteiger partial charge on any atom is 0.416 e. The van der Waals surface area contributed by atoms with Crippen LogP contribution in [0.4, 0.5) is 13.2 Å². The molecule has 0 saturated heterocycles. The van der Waals surface area contributed by atoms with Crippen LogP contribution < -0.4 is 0 Å². The Morgan fingerprint density at radius 3 is 2.50 bits per heavy atom. The molecular weight excluding hydrogens is 245 g/mol. The van der Waals surface area contributed by atoms with E-state index < -0.39 is 17.8 Å². The van der Waals surface area contributed by atoms with E-state index in [1.54, 1.807) is 6.07 Å². The molecule has 102 valence electrons. The van der Waals surface area contributed by atoms with Crippen molar-refractivity contribution in [2.75, 3.05) is 6.61 Å².